The maximum absolute atomic E-state index is 10.3. The fraction of sp³-hybridized carbons (Fsp3) is 0.545. The molecule has 0 radical (unpaired) electrons. The molecule has 1 heterocycles. The van der Waals surface area contributed by atoms with E-state index < -0.39 is 7.94 Å². The zero-order valence-corrected chi connectivity index (χ0v) is 12.7. The van der Waals surface area contributed by atoms with Crippen LogP contribution in [0.25, 0.3) is 0 Å². The Hall–Kier alpha value is -0.0600. The third kappa shape index (κ3) is 4.98. The van der Waals surface area contributed by atoms with Gasteiger partial charge in [-0.05, 0) is 0 Å². The molecule has 0 fully saturated rings. The van der Waals surface area contributed by atoms with Crippen molar-refractivity contribution in [2.45, 2.75) is 25.3 Å². The van der Waals surface area contributed by atoms with Gasteiger partial charge in [0.25, 0.3) is 0 Å². The first kappa shape index (κ1) is 15.0. The molecule has 0 saturated carbocycles. The van der Waals surface area contributed by atoms with Gasteiger partial charge in [0.15, 0.2) is 0 Å². The minimum atomic E-state index is -3.10. The van der Waals surface area contributed by atoms with Gasteiger partial charge in [0, 0.05) is 0 Å². The van der Waals surface area contributed by atoms with E-state index in [9.17, 15) is 4.89 Å². The van der Waals surface area contributed by atoms with Crippen LogP contribution < -0.4 is 0 Å². The molecule has 4 nitrogen and oxygen atoms in total. The second-order valence-corrected chi connectivity index (χ2v) is 6.43. The van der Waals surface area contributed by atoms with E-state index >= 15 is 0 Å². The Morgan fingerprint density at radius 3 is 2.35 bits per heavy atom. The van der Waals surface area contributed by atoms with E-state index in [0.717, 1.165) is 11.4 Å². The van der Waals surface area contributed by atoms with Crippen molar-refractivity contribution in [3.63, 3.8) is 0 Å². The van der Waals surface area contributed by atoms with Gasteiger partial charge in [-0.3, -0.25) is 0 Å². The first-order valence-corrected chi connectivity index (χ1v) is 8.73. The SMILES string of the molecule is CCO[PH](O)(Cc1cccc(CBr)n1)OCC. The van der Waals surface area contributed by atoms with Crippen LogP contribution in [0.2, 0.25) is 0 Å². The van der Waals surface area contributed by atoms with Crippen molar-refractivity contribution < 1.29 is 13.9 Å². The van der Waals surface area contributed by atoms with Crippen molar-refractivity contribution in [3.8, 4) is 0 Å². The number of hydrogen-bond donors (Lipinski definition) is 1. The number of rotatable bonds is 7. The molecule has 98 valence electrons. The van der Waals surface area contributed by atoms with Gasteiger partial charge in [0.1, 0.15) is 0 Å². The molecule has 0 atom stereocenters. The summed E-state index contributed by atoms with van der Waals surface area (Å²) in [6.45, 7) is 4.58. The Morgan fingerprint density at radius 1 is 1.24 bits per heavy atom. The summed E-state index contributed by atoms with van der Waals surface area (Å²) in [5.41, 5.74) is 1.74. The number of pyridine rings is 1. The van der Waals surface area contributed by atoms with Crippen molar-refractivity contribution >= 4 is 23.9 Å². The molecule has 0 bridgehead atoms. The molecular formula is C11H19BrNO3P. The van der Waals surface area contributed by atoms with E-state index in [4.69, 9.17) is 9.05 Å². The molecule has 6 heteroatoms. The topological polar surface area (TPSA) is 51.6 Å². The molecule has 0 aliphatic heterocycles. The molecule has 17 heavy (non-hydrogen) atoms. The van der Waals surface area contributed by atoms with E-state index in [2.05, 4.69) is 20.9 Å². The molecule has 0 spiro atoms. The van der Waals surface area contributed by atoms with E-state index in [1.807, 2.05) is 32.0 Å². The first-order valence-electron chi connectivity index (χ1n) is 5.64. The molecular weight excluding hydrogens is 305 g/mol. The van der Waals surface area contributed by atoms with Crippen LogP contribution >= 0.6 is 23.9 Å². The molecule has 1 rings (SSSR count). The van der Waals surface area contributed by atoms with Gasteiger partial charge >= 0.3 is 111 Å². The Labute approximate surface area is 111 Å². The number of halogens is 1. The second-order valence-electron chi connectivity index (χ2n) is 3.51. The standard InChI is InChI=1S/C11H19BrNO3P/c1-3-15-17(14,16-4-2)9-11-7-5-6-10(8-12)13-11/h5-7,14,17H,3-4,8-9H2,1-2H3. The Bertz CT molecular complexity index is 345. The predicted molar refractivity (Wildman–Crippen MR) is 74.4 cm³/mol. The Morgan fingerprint density at radius 2 is 1.82 bits per heavy atom. The van der Waals surface area contributed by atoms with Crippen molar-refractivity contribution in [1.82, 2.24) is 4.98 Å². The summed E-state index contributed by atoms with van der Waals surface area (Å²) in [6, 6.07) is 5.73. The van der Waals surface area contributed by atoms with Gasteiger partial charge in [-0.25, -0.2) is 0 Å². The van der Waals surface area contributed by atoms with Gasteiger partial charge in [0.2, 0.25) is 0 Å². The number of hydrogen-bond acceptors (Lipinski definition) is 4. The average Bonchev–Trinajstić information content (AvgIpc) is 2.29. The van der Waals surface area contributed by atoms with Crippen LogP contribution in [-0.4, -0.2) is 23.1 Å². The zero-order chi connectivity index (χ0) is 12.7. The van der Waals surface area contributed by atoms with Crippen LogP contribution in [0.3, 0.4) is 0 Å². The van der Waals surface area contributed by atoms with E-state index in [1.165, 1.54) is 0 Å². The average molecular weight is 324 g/mol. The summed E-state index contributed by atoms with van der Waals surface area (Å²) >= 11 is 3.36. The van der Waals surface area contributed by atoms with Crippen LogP contribution in [0.1, 0.15) is 25.2 Å². The maximum atomic E-state index is 10.3. The normalized spacial score (nSPS) is 12.7. The van der Waals surface area contributed by atoms with E-state index in [-0.39, 0.29) is 0 Å². The first-order chi connectivity index (χ1) is 8.13. The van der Waals surface area contributed by atoms with Crippen molar-refractivity contribution in [2.75, 3.05) is 13.2 Å². The van der Waals surface area contributed by atoms with Gasteiger partial charge in [0.05, 0.1) is 0 Å². The van der Waals surface area contributed by atoms with E-state index in [1.54, 1.807) is 0 Å². The molecule has 0 aliphatic rings. The predicted octanol–water partition coefficient (Wildman–Crippen LogP) is 3.04. The van der Waals surface area contributed by atoms with Gasteiger partial charge in [-0.15, -0.1) is 0 Å². The molecule has 0 aliphatic carbocycles. The van der Waals surface area contributed by atoms with Crippen LogP contribution in [0, 0.1) is 0 Å². The summed E-state index contributed by atoms with van der Waals surface area (Å²) in [7, 11) is -3.10. The summed E-state index contributed by atoms with van der Waals surface area (Å²) in [6.07, 6.45) is 0.357. The van der Waals surface area contributed by atoms with Crippen molar-refractivity contribution in [2.24, 2.45) is 0 Å². The van der Waals surface area contributed by atoms with Crippen molar-refractivity contribution in [3.05, 3.63) is 29.6 Å². The van der Waals surface area contributed by atoms with Gasteiger partial charge in [-0.1, -0.05) is 0 Å². The van der Waals surface area contributed by atoms with Crippen LogP contribution in [0.4, 0.5) is 0 Å². The number of aromatic nitrogens is 1. The molecule has 1 aromatic heterocycles. The second kappa shape index (κ2) is 7.39. The summed E-state index contributed by atoms with van der Waals surface area (Å²) in [4.78, 5) is 14.7. The fourth-order valence-electron chi connectivity index (χ4n) is 1.53. The van der Waals surface area contributed by atoms with Crippen LogP contribution in [0.5, 0.6) is 0 Å². The molecule has 0 aromatic carbocycles. The molecule has 1 N–H and O–H groups in total. The quantitative estimate of drug-likeness (QED) is 0.619. The number of alkyl halides is 1. The molecule has 0 unspecified atom stereocenters. The summed E-state index contributed by atoms with van der Waals surface area (Å²) < 4.78 is 10.7. The summed E-state index contributed by atoms with van der Waals surface area (Å²) in [5, 5.41) is 0.699. The summed E-state index contributed by atoms with van der Waals surface area (Å²) in [5.74, 6) is 0. The molecule has 1 aromatic rings. The molecule has 0 amide bonds. The van der Waals surface area contributed by atoms with Crippen molar-refractivity contribution in [1.29, 1.82) is 0 Å². The Balaban J connectivity index is 2.77. The van der Waals surface area contributed by atoms with Gasteiger partial charge in [-0.2, -0.15) is 0 Å². The van der Waals surface area contributed by atoms with Crippen LogP contribution in [-0.2, 0) is 20.5 Å². The van der Waals surface area contributed by atoms with Crippen LogP contribution in [0.15, 0.2) is 18.2 Å². The monoisotopic (exact) mass is 323 g/mol. The van der Waals surface area contributed by atoms with E-state index in [0.29, 0.717) is 24.7 Å². The zero-order valence-electron chi connectivity index (χ0n) is 10.1. The fourth-order valence-corrected chi connectivity index (χ4v) is 3.68. The number of nitrogens with zero attached hydrogens (tertiary/aromatic N) is 1. The Kier molecular flexibility index (Phi) is 6.52. The molecule has 0 saturated heterocycles. The third-order valence-corrected chi connectivity index (χ3v) is 5.01. The van der Waals surface area contributed by atoms with Gasteiger partial charge < -0.3 is 0 Å². The minimum absolute atomic E-state index is 0.357. The third-order valence-electron chi connectivity index (χ3n) is 2.15.